The van der Waals surface area contributed by atoms with Gasteiger partial charge in [0.05, 0.1) is 12.7 Å². The Labute approximate surface area is 107 Å². The molecule has 0 fully saturated rings. The van der Waals surface area contributed by atoms with Gasteiger partial charge in [-0.15, -0.1) is 0 Å². The summed E-state index contributed by atoms with van der Waals surface area (Å²) >= 11 is 11.0. The molecule has 0 aliphatic heterocycles. The van der Waals surface area contributed by atoms with Crippen LogP contribution in [0.15, 0.2) is 30.5 Å². The van der Waals surface area contributed by atoms with Crippen molar-refractivity contribution in [3.05, 3.63) is 41.0 Å². The fourth-order valence-electron chi connectivity index (χ4n) is 1.29. The van der Waals surface area contributed by atoms with Gasteiger partial charge in [0.25, 0.3) is 5.88 Å². The lowest BCUT2D eigenvalue weighted by Gasteiger charge is -2.02. The maximum atomic E-state index is 10.5. The lowest BCUT2D eigenvalue weighted by atomic mass is 10.2. The highest BCUT2D eigenvalue weighted by molar-refractivity contribution is 6.61. The molecule has 0 atom stereocenters. The topological polar surface area (TPSA) is 57.0 Å². The van der Waals surface area contributed by atoms with Crippen molar-refractivity contribution in [2.24, 2.45) is 0 Å². The molecule has 0 saturated heterocycles. The summed E-state index contributed by atoms with van der Waals surface area (Å²) in [4.78, 5) is 10.5. The van der Waals surface area contributed by atoms with Crippen LogP contribution in [0.4, 0.5) is 4.79 Å². The molecule has 0 bridgehead atoms. The molecule has 5 nitrogen and oxygen atoms in total. The molecular formula is C10H7Cl2N3O2. The summed E-state index contributed by atoms with van der Waals surface area (Å²) in [7, 11) is 0. The Hall–Kier alpha value is -1.59. The summed E-state index contributed by atoms with van der Waals surface area (Å²) in [6, 6.07) is 7.37. The van der Waals surface area contributed by atoms with Crippen LogP contribution < -0.4 is 4.74 Å². The second kappa shape index (κ2) is 5.16. The summed E-state index contributed by atoms with van der Waals surface area (Å²) in [6.45, 7) is 0.437. The van der Waals surface area contributed by atoms with Gasteiger partial charge in [0, 0.05) is 16.6 Å². The highest BCUT2D eigenvalue weighted by atomic mass is 35.5. The molecular weight excluding hydrogens is 265 g/mol. The largest absolute Gasteiger partial charge is 0.410 e. The van der Waals surface area contributed by atoms with Crippen LogP contribution >= 0.6 is 23.2 Å². The summed E-state index contributed by atoms with van der Waals surface area (Å²) in [5, 5.41) is 8.04. The van der Waals surface area contributed by atoms with Crippen LogP contribution in [0, 0.1) is 0 Å². The zero-order chi connectivity index (χ0) is 12.3. The fraction of sp³-hybridized carbons (Fsp3) is 0.100. The fourth-order valence-corrected chi connectivity index (χ4v) is 1.56. The normalized spacial score (nSPS) is 10.2. The molecule has 1 aromatic heterocycles. The second-order valence-electron chi connectivity index (χ2n) is 3.19. The van der Waals surface area contributed by atoms with Crippen LogP contribution in [0.5, 0.6) is 5.88 Å². The third-order valence-electron chi connectivity index (χ3n) is 1.99. The third kappa shape index (κ3) is 3.18. The molecule has 0 saturated carbocycles. The number of rotatable bonds is 3. The predicted molar refractivity (Wildman–Crippen MR) is 62.5 cm³/mol. The Morgan fingerprint density at radius 3 is 2.88 bits per heavy atom. The van der Waals surface area contributed by atoms with E-state index in [0.717, 1.165) is 5.56 Å². The predicted octanol–water partition coefficient (Wildman–Crippen LogP) is 2.72. The lowest BCUT2D eigenvalue weighted by molar-refractivity contribution is 0.224. The first-order valence-electron chi connectivity index (χ1n) is 4.66. The standard InChI is InChI=1S/C10H7Cl2N3O2/c11-8-4-2-1-3-7(8)5-15-6-9(13-14-15)17-10(12)16/h1-4,6H,5H2. The molecule has 7 heteroatoms. The van der Waals surface area contributed by atoms with E-state index >= 15 is 0 Å². The Morgan fingerprint density at radius 1 is 1.41 bits per heavy atom. The van der Waals surface area contributed by atoms with E-state index in [1.807, 2.05) is 18.2 Å². The first-order valence-corrected chi connectivity index (χ1v) is 5.41. The smallest absolute Gasteiger partial charge is 0.392 e. The number of aromatic nitrogens is 3. The second-order valence-corrected chi connectivity index (χ2v) is 3.90. The van der Waals surface area contributed by atoms with E-state index in [1.54, 1.807) is 6.07 Å². The summed E-state index contributed by atoms with van der Waals surface area (Å²) in [5.74, 6) is 0.0528. The van der Waals surface area contributed by atoms with Gasteiger partial charge < -0.3 is 4.74 Å². The molecule has 0 N–H and O–H groups in total. The molecule has 0 spiro atoms. The zero-order valence-electron chi connectivity index (χ0n) is 8.51. The van der Waals surface area contributed by atoms with Gasteiger partial charge in [-0.05, 0) is 11.6 Å². The first-order chi connectivity index (χ1) is 8.15. The van der Waals surface area contributed by atoms with Gasteiger partial charge in [-0.3, -0.25) is 0 Å². The van der Waals surface area contributed by atoms with Crippen LogP contribution in [0.1, 0.15) is 5.56 Å². The van der Waals surface area contributed by atoms with E-state index in [1.165, 1.54) is 10.9 Å². The number of ether oxygens (including phenoxy) is 1. The van der Waals surface area contributed by atoms with Crippen molar-refractivity contribution in [2.45, 2.75) is 6.54 Å². The number of hydrogen-bond donors (Lipinski definition) is 0. The quantitative estimate of drug-likeness (QED) is 0.806. The third-order valence-corrected chi connectivity index (χ3v) is 2.44. The molecule has 0 aliphatic carbocycles. The van der Waals surface area contributed by atoms with E-state index in [-0.39, 0.29) is 5.88 Å². The van der Waals surface area contributed by atoms with Gasteiger partial charge in [0.1, 0.15) is 0 Å². The summed E-state index contributed by atoms with van der Waals surface area (Å²) in [5.41, 5.74) is -0.0578. The van der Waals surface area contributed by atoms with Gasteiger partial charge >= 0.3 is 5.43 Å². The minimum absolute atomic E-state index is 0.0528. The molecule has 17 heavy (non-hydrogen) atoms. The van der Waals surface area contributed by atoms with Crippen molar-refractivity contribution in [1.82, 2.24) is 15.0 Å². The van der Waals surface area contributed by atoms with Gasteiger partial charge in [0.15, 0.2) is 0 Å². The van der Waals surface area contributed by atoms with E-state index in [0.29, 0.717) is 11.6 Å². The van der Waals surface area contributed by atoms with Crippen molar-refractivity contribution >= 4 is 28.6 Å². The van der Waals surface area contributed by atoms with Crippen molar-refractivity contribution in [3.8, 4) is 5.88 Å². The molecule has 1 heterocycles. The average molecular weight is 272 g/mol. The highest BCUT2D eigenvalue weighted by Crippen LogP contribution is 2.16. The van der Waals surface area contributed by atoms with Crippen LogP contribution in [0.2, 0.25) is 5.02 Å². The van der Waals surface area contributed by atoms with Crippen LogP contribution in [-0.2, 0) is 6.54 Å². The Balaban J connectivity index is 2.12. The van der Waals surface area contributed by atoms with Gasteiger partial charge in [-0.1, -0.05) is 40.1 Å². The van der Waals surface area contributed by atoms with Crippen LogP contribution in [0.3, 0.4) is 0 Å². The first kappa shape index (κ1) is 11.9. The summed E-state index contributed by atoms with van der Waals surface area (Å²) < 4.78 is 6.06. The van der Waals surface area contributed by atoms with Crippen molar-refractivity contribution in [3.63, 3.8) is 0 Å². The van der Waals surface area contributed by atoms with E-state index in [2.05, 4.69) is 15.0 Å². The molecule has 2 rings (SSSR count). The van der Waals surface area contributed by atoms with Crippen molar-refractivity contribution < 1.29 is 9.53 Å². The van der Waals surface area contributed by atoms with Gasteiger partial charge in [-0.25, -0.2) is 9.48 Å². The molecule has 0 amide bonds. The Morgan fingerprint density at radius 2 is 2.18 bits per heavy atom. The van der Waals surface area contributed by atoms with E-state index in [9.17, 15) is 4.79 Å². The molecule has 0 aliphatic rings. The van der Waals surface area contributed by atoms with Crippen molar-refractivity contribution in [2.75, 3.05) is 0 Å². The molecule has 88 valence electrons. The molecule has 2 aromatic rings. The average Bonchev–Trinajstić information content (AvgIpc) is 2.68. The van der Waals surface area contributed by atoms with Crippen LogP contribution in [0.25, 0.3) is 0 Å². The van der Waals surface area contributed by atoms with Crippen LogP contribution in [-0.4, -0.2) is 20.4 Å². The van der Waals surface area contributed by atoms with Gasteiger partial charge in [0.2, 0.25) is 0 Å². The number of hydrogen-bond acceptors (Lipinski definition) is 4. The van der Waals surface area contributed by atoms with Crippen molar-refractivity contribution in [1.29, 1.82) is 0 Å². The summed E-state index contributed by atoms with van der Waals surface area (Å²) in [6.07, 6.45) is 1.46. The monoisotopic (exact) mass is 271 g/mol. The lowest BCUT2D eigenvalue weighted by Crippen LogP contribution is -2.00. The molecule has 1 aromatic carbocycles. The number of benzene rings is 1. The molecule has 0 radical (unpaired) electrons. The maximum Gasteiger partial charge on any atom is 0.410 e. The number of carbonyl (C=O) groups is 1. The number of carbonyl (C=O) groups excluding carboxylic acids is 1. The Kier molecular flexibility index (Phi) is 3.61. The molecule has 0 unspecified atom stereocenters. The number of nitrogens with zero attached hydrogens (tertiary/aromatic N) is 3. The SMILES string of the molecule is O=C(Cl)Oc1cn(Cc2ccccc2Cl)nn1. The minimum atomic E-state index is -0.949. The van der Waals surface area contributed by atoms with E-state index < -0.39 is 5.43 Å². The number of halogens is 2. The minimum Gasteiger partial charge on any atom is -0.392 e. The maximum absolute atomic E-state index is 10.5. The highest BCUT2D eigenvalue weighted by Gasteiger charge is 2.07. The van der Waals surface area contributed by atoms with Gasteiger partial charge in [-0.2, -0.15) is 0 Å². The van der Waals surface area contributed by atoms with E-state index in [4.69, 9.17) is 23.2 Å². The zero-order valence-corrected chi connectivity index (χ0v) is 10.0. The Bertz CT molecular complexity index is 542.